The molecule has 0 aliphatic heterocycles. The van der Waals surface area contributed by atoms with E-state index in [1.54, 1.807) is 0 Å². The van der Waals surface area contributed by atoms with Gasteiger partial charge in [-0.15, -0.1) is 0 Å². The van der Waals surface area contributed by atoms with Crippen LogP contribution < -0.4 is 11.3 Å². The SMILES string of the molecule is Nc1cc2ccccc2c(=O)n1-c1cccc(Br)c1. The molecule has 0 atom stereocenters. The monoisotopic (exact) mass is 314 g/mol. The molecule has 19 heavy (non-hydrogen) atoms. The maximum absolute atomic E-state index is 12.5. The lowest BCUT2D eigenvalue weighted by Gasteiger charge is -2.11. The second-order valence-corrected chi connectivity index (χ2v) is 5.19. The number of hydrogen-bond acceptors (Lipinski definition) is 2. The van der Waals surface area contributed by atoms with E-state index in [0.29, 0.717) is 11.2 Å². The minimum atomic E-state index is -0.103. The minimum absolute atomic E-state index is 0.103. The van der Waals surface area contributed by atoms with Crippen LogP contribution in [-0.4, -0.2) is 4.57 Å². The van der Waals surface area contributed by atoms with Crippen LogP contribution in [0, 0.1) is 0 Å². The standard InChI is InChI=1S/C15H11BrN2O/c16-11-5-3-6-12(9-11)18-14(17)8-10-4-1-2-7-13(10)15(18)19/h1-9H,17H2. The molecule has 2 aromatic carbocycles. The fraction of sp³-hybridized carbons (Fsp3) is 0. The maximum Gasteiger partial charge on any atom is 0.264 e. The van der Waals surface area contributed by atoms with Gasteiger partial charge in [0.2, 0.25) is 0 Å². The van der Waals surface area contributed by atoms with E-state index in [9.17, 15) is 4.79 Å². The number of anilines is 1. The fourth-order valence-corrected chi connectivity index (χ4v) is 2.55. The van der Waals surface area contributed by atoms with E-state index < -0.39 is 0 Å². The Morgan fingerprint density at radius 1 is 1.00 bits per heavy atom. The fourth-order valence-electron chi connectivity index (χ4n) is 2.16. The van der Waals surface area contributed by atoms with Gasteiger partial charge in [-0.1, -0.05) is 40.2 Å². The lowest BCUT2D eigenvalue weighted by Crippen LogP contribution is -2.21. The Morgan fingerprint density at radius 3 is 2.58 bits per heavy atom. The molecule has 0 aliphatic carbocycles. The van der Waals surface area contributed by atoms with Crippen molar-refractivity contribution in [1.29, 1.82) is 0 Å². The molecule has 0 fully saturated rings. The van der Waals surface area contributed by atoms with Crippen LogP contribution in [0.1, 0.15) is 0 Å². The summed E-state index contributed by atoms with van der Waals surface area (Å²) in [5.74, 6) is 0.432. The van der Waals surface area contributed by atoms with E-state index in [0.717, 1.165) is 15.5 Å². The lowest BCUT2D eigenvalue weighted by atomic mass is 10.1. The first-order valence-electron chi connectivity index (χ1n) is 5.83. The van der Waals surface area contributed by atoms with Gasteiger partial charge >= 0.3 is 0 Å². The molecule has 94 valence electrons. The Kier molecular flexibility index (Phi) is 2.87. The highest BCUT2D eigenvalue weighted by molar-refractivity contribution is 9.10. The van der Waals surface area contributed by atoms with E-state index in [4.69, 9.17) is 5.73 Å². The zero-order valence-electron chi connectivity index (χ0n) is 10.0. The number of nitrogens with zero attached hydrogens (tertiary/aromatic N) is 1. The normalized spacial score (nSPS) is 10.8. The first-order chi connectivity index (χ1) is 9.16. The van der Waals surface area contributed by atoms with Gasteiger partial charge in [0.05, 0.1) is 5.69 Å². The molecule has 0 unspecified atom stereocenters. The molecule has 4 heteroatoms. The van der Waals surface area contributed by atoms with Gasteiger partial charge in [0, 0.05) is 9.86 Å². The third kappa shape index (κ3) is 2.04. The number of pyridine rings is 1. The minimum Gasteiger partial charge on any atom is -0.385 e. The molecule has 3 aromatic rings. The van der Waals surface area contributed by atoms with Crippen molar-refractivity contribution in [1.82, 2.24) is 4.57 Å². The highest BCUT2D eigenvalue weighted by Crippen LogP contribution is 2.19. The molecule has 0 aliphatic rings. The second-order valence-electron chi connectivity index (χ2n) is 4.28. The molecule has 1 heterocycles. The van der Waals surface area contributed by atoms with Gasteiger partial charge < -0.3 is 5.73 Å². The molecule has 3 rings (SSSR count). The summed E-state index contributed by atoms with van der Waals surface area (Å²) in [6.45, 7) is 0. The van der Waals surface area contributed by atoms with E-state index in [2.05, 4.69) is 15.9 Å². The highest BCUT2D eigenvalue weighted by Gasteiger charge is 2.08. The van der Waals surface area contributed by atoms with E-state index >= 15 is 0 Å². The number of nitrogens with two attached hydrogens (primary N) is 1. The molecular formula is C15H11BrN2O. The van der Waals surface area contributed by atoms with E-state index in [1.165, 1.54) is 4.57 Å². The topological polar surface area (TPSA) is 48.0 Å². The zero-order chi connectivity index (χ0) is 13.4. The van der Waals surface area contributed by atoms with Crippen molar-refractivity contribution >= 4 is 32.5 Å². The summed E-state index contributed by atoms with van der Waals surface area (Å²) in [5.41, 5.74) is 6.67. The summed E-state index contributed by atoms with van der Waals surface area (Å²) in [7, 11) is 0. The number of benzene rings is 2. The third-order valence-corrected chi connectivity index (χ3v) is 3.52. The van der Waals surface area contributed by atoms with Gasteiger partial charge in [-0.05, 0) is 35.7 Å². The molecule has 0 spiro atoms. The van der Waals surface area contributed by atoms with Crippen LogP contribution in [0.5, 0.6) is 0 Å². The van der Waals surface area contributed by atoms with Gasteiger partial charge in [-0.25, -0.2) is 0 Å². The van der Waals surface area contributed by atoms with Crippen LogP contribution in [-0.2, 0) is 0 Å². The number of aromatic nitrogens is 1. The predicted molar refractivity (Wildman–Crippen MR) is 81.7 cm³/mol. The van der Waals surface area contributed by atoms with Crippen molar-refractivity contribution in [2.24, 2.45) is 0 Å². The smallest absolute Gasteiger partial charge is 0.264 e. The average molecular weight is 315 g/mol. The van der Waals surface area contributed by atoms with Gasteiger partial charge in [-0.3, -0.25) is 9.36 Å². The van der Waals surface area contributed by atoms with Gasteiger partial charge in [0.25, 0.3) is 5.56 Å². The molecule has 0 saturated heterocycles. The average Bonchev–Trinajstić information content (AvgIpc) is 2.39. The summed E-state index contributed by atoms with van der Waals surface area (Å²) < 4.78 is 2.43. The largest absolute Gasteiger partial charge is 0.385 e. The maximum atomic E-state index is 12.5. The summed E-state index contributed by atoms with van der Waals surface area (Å²) >= 11 is 3.40. The molecule has 0 saturated carbocycles. The molecule has 0 bridgehead atoms. The van der Waals surface area contributed by atoms with Crippen molar-refractivity contribution in [3.05, 3.63) is 69.4 Å². The zero-order valence-corrected chi connectivity index (χ0v) is 11.6. The number of rotatable bonds is 1. The van der Waals surface area contributed by atoms with Crippen molar-refractivity contribution in [2.75, 3.05) is 5.73 Å². The van der Waals surface area contributed by atoms with Crippen molar-refractivity contribution in [3.8, 4) is 5.69 Å². The van der Waals surface area contributed by atoms with Crippen molar-refractivity contribution < 1.29 is 0 Å². The molecular weight excluding hydrogens is 304 g/mol. The first kappa shape index (κ1) is 12.0. The summed E-state index contributed by atoms with van der Waals surface area (Å²) in [5, 5.41) is 1.52. The molecule has 1 aromatic heterocycles. The summed E-state index contributed by atoms with van der Waals surface area (Å²) in [6, 6.07) is 16.8. The number of halogens is 1. The molecule has 3 nitrogen and oxygen atoms in total. The highest BCUT2D eigenvalue weighted by atomic mass is 79.9. The molecule has 0 amide bonds. The van der Waals surface area contributed by atoms with E-state index in [-0.39, 0.29) is 5.56 Å². The number of hydrogen-bond donors (Lipinski definition) is 1. The molecule has 0 radical (unpaired) electrons. The number of fused-ring (bicyclic) bond motifs is 1. The van der Waals surface area contributed by atoms with E-state index in [1.807, 2.05) is 54.6 Å². The van der Waals surface area contributed by atoms with Crippen molar-refractivity contribution in [3.63, 3.8) is 0 Å². The third-order valence-electron chi connectivity index (χ3n) is 3.02. The van der Waals surface area contributed by atoms with Crippen LogP contribution in [0.15, 0.2) is 63.9 Å². The quantitative estimate of drug-likeness (QED) is 0.749. The molecule has 2 N–H and O–H groups in total. The lowest BCUT2D eigenvalue weighted by molar-refractivity contribution is 1.02. The first-order valence-corrected chi connectivity index (χ1v) is 6.62. The van der Waals surface area contributed by atoms with Crippen LogP contribution in [0.2, 0.25) is 0 Å². The van der Waals surface area contributed by atoms with Crippen molar-refractivity contribution in [2.45, 2.75) is 0 Å². The summed E-state index contributed by atoms with van der Waals surface area (Å²) in [6.07, 6.45) is 0. The van der Waals surface area contributed by atoms with Gasteiger partial charge in [0.1, 0.15) is 5.82 Å². The van der Waals surface area contributed by atoms with Gasteiger partial charge in [-0.2, -0.15) is 0 Å². The Hall–Kier alpha value is -2.07. The predicted octanol–water partition coefficient (Wildman–Crippen LogP) is 3.34. The Morgan fingerprint density at radius 2 is 1.79 bits per heavy atom. The Balaban J connectivity index is 2.39. The van der Waals surface area contributed by atoms with Crippen LogP contribution in [0.25, 0.3) is 16.5 Å². The van der Waals surface area contributed by atoms with Gasteiger partial charge in [0.15, 0.2) is 0 Å². The van der Waals surface area contributed by atoms with Crippen LogP contribution in [0.3, 0.4) is 0 Å². The second kappa shape index (κ2) is 4.55. The Labute approximate surface area is 118 Å². The summed E-state index contributed by atoms with van der Waals surface area (Å²) in [4.78, 5) is 12.5. The Bertz CT molecular complexity index is 824. The number of nitrogen functional groups attached to an aromatic ring is 1. The van der Waals surface area contributed by atoms with Crippen LogP contribution in [0.4, 0.5) is 5.82 Å². The van der Waals surface area contributed by atoms with Crippen LogP contribution >= 0.6 is 15.9 Å².